The Kier molecular flexibility index (Phi) is 3.69. The van der Waals surface area contributed by atoms with E-state index in [1.165, 1.54) is 6.08 Å². The van der Waals surface area contributed by atoms with Gasteiger partial charge in [-0.15, -0.1) is 0 Å². The van der Waals surface area contributed by atoms with Crippen molar-refractivity contribution in [2.45, 2.75) is 13.8 Å². The van der Waals surface area contributed by atoms with Gasteiger partial charge >= 0.3 is 5.97 Å². The molecule has 0 aliphatic carbocycles. The first-order chi connectivity index (χ1) is 7.10. The largest absolute Gasteiger partial charge is 0.465 e. The van der Waals surface area contributed by atoms with E-state index in [4.69, 9.17) is 22.2 Å². The summed E-state index contributed by atoms with van der Waals surface area (Å²) in [5.41, 5.74) is 0.825. The van der Waals surface area contributed by atoms with Crippen molar-refractivity contribution in [2.24, 2.45) is 10.9 Å². The number of nitriles is 1. The first kappa shape index (κ1) is 11.5. The number of hydrogen-bond acceptors (Lipinski definition) is 4. The summed E-state index contributed by atoms with van der Waals surface area (Å²) >= 11 is 4.88. The Bertz CT molecular complexity index is 404. The summed E-state index contributed by atoms with van der Waals surface area (Å²) in [6.07, 6.45) is 1.50. The molecule has 0 saturated carbocycles. The first-order valence-electron chi connectivity index (χ1n) is 4.48. The lowest BCUT2D eigenvalue weighted by Crippen LogP contribution is -2.27. The van der Waals surface area contributed by atoms with E-state index in [0.717, 1.165) is 0 Å². The number of thiocarbonyl (C=S) groups is 1. The third-order valence-electron chi connectivity index (χ3n) is 1.95. The highest BCUT2D eigenvalue weighted by Gasteiger charge is 2.26. The van der Waals surface area contributed by atoms with Crippen LogP contribution in [0.15, 0.2) is 16.6 Å². The molecule has 15 heavy (non-hydrogen) atoms. The Morgan fingerprint density at radius 1 is 1.80 bits per heavy atom. The fourth-order valence-corrected chi connectivity index (χ4v) is 1.46. The summed E-state index contributed by atoms with van der Waals surface area (Å²) in [4.78, 5) is 15.7. The van der Waals surface area contributed by atoms with Crippen LogP contribution in [0.25, 0.3) is 0 Å². The van der Waals surface area contributed by atoms with Crippen LogP contribution in [0.3, 0.4) is 0 Å². The molecule has 0 amide bonds. The predicted molar refractivity (Wildman–Crippen MR) is 59.5 cm³/mol. The zero-order valence-corrected chi connectivity index (χ0v) is 9.30. The average Bonchev–Trinajstić information content (AvgIpc) is 2.18. The van der Waals surface area contributed by atoms with Crippen LogP contribution in [0.1, 0.15) is 13.8 Å². The molecule has 78 valence electrons. The normalized spacial score (nSPS) is 20.1. The molecule has 0 fully saturated rings. The van der Waals surface area contributed by atoms with Gasteiger partial charge in [-0.3, -0.25) is 4.79 Å². The second-order valence-electron chi connectivity index (χ2n) is 2.98. The maximum Gasteiger partial charge on any atom is 0.318 e. The third-order valence-corrected chi connectivity index (χ3v) is 2.26. The van der Waals surface area contributed by atoms with Crippen molar-refractivity contribution in [2.75, 3.05) is 6.61 Å². The van der Waals surface area contributed by atoms with Crippen LogP contribution in [-0.4, -0.2) is 23.3 Å². The summed E-state index contributed by atoms with van der Waals surface area (Å²) in [6.45, 7) is 3.73. The topological polar surface area (TPSA) is 62.5 Å². The van der Waals surface area contributed by atoms with E-state index in [1.54, 1.807) is 13.8 Å². The molecule has 0 bridgehead atoms. The van der Waals surface area contributed by atoms with Crippen LogP contribution in [0.5, 0.6) is 0 Å². The summed E-state index contributed by atoms with van der Waals surface area (Å²) in [5.74, 6) is -0.972. The Hall–Kier alpha value is -1.54. The van der Waals surface area contributed by atoms with E-state index < -0.39 is 11.9 Å². The van der Waals surface area contributed by atoms with Gasteiger partial charge < -0.3 is 4.74 Å². The molecule has 0 N–H and O–H groups in total. The van der Waals surface area contributed by atoms with Crippen molar-refractivity contribution < 1.29 is 9.53 Å². The number of rotatable bonds is 2. The van der Waals surface area contributed by atoms with Gasteiger partial charge in [-0.2, -0.15) is 5.26 Å². The molecule has 1 unspecified atom stereocenters. The van der Waals surface area contributed by atoms with E-state index in [9.17, 15) is 4.79 Å². The van der Waals surface area contributed by atoms with Crippen LogP contribution >= 0.6 is 12.2 Å². The molecule has 0 saturated heterocycles. The highest BCUT2D eigenvalue weighted by Crippen LogP contribution is 2.16. The number of dihydropyridines is 1. The zero-order chi connectivity index (χ0) is 11.4. The van der Waals surface area contributed by atoms with Crippen LogP contribution in [0, 0.1) is 17.2 Å². The van der Waals surface area contributed by atoms with E-state index >= 15 is 0 Å². The van der Waals surface area contributed by atoms with Crippen LogP contribution in [-0.2, 0) is 9.53 Å². The van der Waals surface area contributed by atoms with Gasteiger partial charge in [0.2, 0.25) is 0 Å². The third kappa shape index (κ3) is 2.48. The minimum atomic E-state index is -0.578. The van der Waals surface area contributed by atoms with Crippen molar-refractivity contribution in [3.63, 3.8) is 0 Å². The van der Waals surface area contributed by atoms with E-state index in [0.29, 0.717) is 12.3 Å². The lowest BCUT2D eigenvalue weighted by Gasteiger charge is -2.15. The van der Waals surface area contributed by atoms with Gasteiger partial charge in [0, 0.05) is 5.71 Å². The average molecular weight is 222 g/mol. The molecular formula is C10H10N2O2S. The Morgan fingerprint density at radius 3 is 3.00 bits per heavy atom. The molecule has 0 spiro atoms. The van der Waals surface area contributed by atoms with Crippen molar-refractivity contribution in [1.29, 1.82) is 5.26 Å². The standard InChI is InChI=1S/C10H10N2O2S/c1-3-14-10(13)8-4-7(5-11)9(15)12-6(8)2/h4,8H,3H2,1-2H3. The fraction of sp³-hybridized carbons (Fsp3) is 0.400. The smallest absolute Gasteiger partial charge is 0.318 e. The van der Waals surface area contributed by atoms with E-state index in [2.05, 4.69) is 4.99 Å². The van der Waals surface area contributed by atoms with Crippen molar-refractivity contribution in [3.8, 4) is 6.07 Å². The first-order valence-corrected chi connectivity index (χ1v) is 4.89. The minimum Gasteiger partial charge on any atom is -0.465 e. The Labute approximate surface area is 93.3 Å². The Morgan fingerprint density at radius 2 is 2.47 bits per heavy atom. The number of carbonyl (C=O) groups is 1. The number of hydrogen-bond donors (Lipinski definition) is 0. The number of ether oxygens (including phenoxy) is 1. The lowest BCUT2D eigenvalue weighted by atomic mass is 9.98. The molecule has 0 radical (unpaired) electrons. The van der Waals surface area contributed by atoms with Gasteiger partial charge in [-0.25, -0.2) is 4.99 Å². The SMILES string of the molecule is CCOC(=O)C1C=C(C#N)C(=S)N=C1C. The fourth-order valence-electron chi connectivity index (χ4n) is 1.20. The molecule has 0 aromatic rings. The van der Waals surface area contributed by atoms with Gasteiger partial charge in [-0.1, -0.05) is 12.2 Å². The number of carbonyl (C=O) groups excluding carboxylic acids is 1. The maximum absolute atomic E-state index is 11.5. The summed E-state index contributed by atoms with van der Waals surface area (Å²) in [5, 5.41) is 8.75. The highest BCUT2D eigenvalue weighted by atomic mass is 32.1. The van der Waals surface area contributed by atoms with Gasteiger partial charge in [-0.05, 0) is 19.9 Å². The molecule has 1 aliphatic heterocycles. The zero-order valence-electron chi connectivity index (χ0n) is 8.48. The van der Waals surface area contributed by atoms with Gasteiger partial charge in [0.1, 0.15) is 17.0 Å². The van der Waals surface area contributed by atoms with Crippen LogP contribution in [0.2, 0.25) is 0 Å². The lowest BCUT2D eigenvalue weighted by molar-refractivity contribution is -0.144. The van der Waals surface area contributed by atoms with Crippen molar-refractivity contribution >= 4 is 28.9 Å². The molecule has 0 aromatic heterocycles. The van der Waals surface area contributed by atoms with Crippen LogP contribution < -0.4 is 0 Å². The molecule has 1 aliphatic rings. The van der Waals surface area contributed by atoms with E-state index in [-0.39, 0.29) is 10.6 Å². The molecule has 4 nitrogen and oxygen atoms in total. The predicted octanol–water partition coefficient (Wildman–Crippen LogP) is 1.42. The van der Waals surface area contributed by atoms with E-state index in [1.807, 2.05) is 6.07 Å². The number of esters is 1. The monoisotopic (exact) mass is 222 g/mol. The highest BCUT2D eigenvalue weighted by molar-refractivity contribution is 7.80. The summed E-state index contributed by atoms with van der Waals surface area (Å²) < 4.78 is 4.86. The van der Waals surface area contributed by atoms with Crippen LogP contribution in [0.4, 0.5) is 0 Å². The molecule has 0 aromatic carbocycles. The second-order valence-corrected chi connectivity index (χ2v) is 3.37. The Balaban J connectivity index is 2.96. The quantitative estimate of drug-likeness (QED) is 0.523. The number of nitrogens with zero attached hydrogens (tertiary/aromatic N) is 2. The van der Waals surface area contributed by atoms with Gasteiger partial charge in [0.15, 0.2) is 0 Å². The summed E-state index contributed by atoms with van der Waals surface area (Å²) in [7, 11) is 0. The summed E-state index contributed by atoms with van der Waals surface area (Å²) in [6, 6.07) is 1.91. The van der Waals surface area contributed by atoms with Gasteiger partial charge in [0.25, 0.3) is 0 Å². The second kappa shape index (κ2) is 4.80. The van der Waals surface area contributed by atoms with Gasteiger partial charge in [0.05, 0.1) is 12.2 Å². The maximum atomic E-state index is 11.5. The molecular weight excluding hydrogens is 212 g/mol. The number of aliphatic imine (C=N–C) groups is 1. The van der Waals surface area contributed by atoms with Crippen molar-refractivity contribution in [1.82, 2.24) is 0 Å². The molecule has 1 atom stereocenters. The molecule has 1 rings (SSSR count). The van der Waals surface area contributed by atoms with Crippen molar-refractivity contribution in [3.05, 3.63) is 11.6 Å². The molecule has 5 heteroatoms. The minimum absolute atomic E-state index is 0.232. The molecule has 1 heterocycles.